The zero-order valence-corrected chi connectivity index (χ0v) is 47.9. The molecule has 0 unspecified atom stereocenters. The Morgan fingerprint density at radius 3 is 0.976 bits per heavy atom. The lowest BCUT2D eigenvalue weighted by atomic mass is 9.96. The van der Waals surface area contributed by atoms with Gasteiger partial charge in [-0.1, -0.05) is 43.4 Å². The lowest BCUT2D eigenvalue weighted by Gasteiger charge is -2.49. The zero-order valence-electron chi connectivity index (χ0n) is 47.9. The van der Waals surface area contributed by atoms with Gasteiger partial charge in [0, 0.05) is 33.4 Å². The van der Waals surface area contributed by atoms with Crippen LogP contribution in [0, 0.1) is 0 Å². The van der Waals surface area contributed by atoms with Gasteiger partial charge in [-0.15, -0.1) is 0 Å². The lowest BCUT2D eigenvalue weighted by molar-refractivity contribution is -0.414. The van der Waals surface area contributed by atoms with Crippen LogP contribution in [0.25, 0.3) is 0 Å². The predicted octanol–water partition coefficient (Wildman–Crippen LogP) is -0.256. The summed E-state index contributed by atoms with van der Waals surface area (Å²) >= 11 is 0. The van der Waals surface area contributed by atoms with Crippen LogP contribution in [-0.4, -0.2) is 226 Å². The molecule has 4 rings (SSSR count). The van der Waals surface area contributed by atoms with E-state index in [1.807, 2.05) is 0 Å². The summed E-state index contributed by atoms with van der Waals surface area (Å²) in [5.41, 5.74) is 0.577. The maximum atomic E-state index is 13.3. The summed E-state index contributed by atoms with van der Waals surface area (Å²) in [5.74, 6) is -5.64. The molecule has 82 heavy (non-hydrogen) atoms. The van der Waals surface area contributed by atoms with Crippen molar-refractivity contribution in [3.63, 3.8) is 0 Å². The molecule has 0 amide bonds. The predicted molar refractivity (Wildman–Crippen MR) is 278 cm³/mol. The minimum absolute atomic E-state index is 0.0357. The molecule has 27 nitrogen and oxygen atoms in total. The van der Waals surface area contributed by atoms with Crippen LogP contribution >= 0.6 is 0 Å². The van der Waals surface area contributed by atoms with E-state index in [0.717, 1.165) is 0 Å². The van der Waals surface area contributed by atoms with E-state index in [-0.39, 0.29) is 39.9 Å². The molecule has 0 spiro atoms. The Kier molecular flexibility index (Phi) is 27.1. The Morgan fingerprint density at radius 1 is 0.366 bits per heavy atom. The molecular formula is C55H80O27. The minimum atomic E-state index is -2.23. The average Bonchev–Trinajstić information content (AvgIpc) is 3.62. The Balaban J connectivity index is 1.88. The highest BCUT2D eigenvalue weighted by atomic mass is 16.8. The third-order valence-electron chi connectivity index (χ3n) is 14.2. The number of aliphatic hydroxyl groups is 8. The Hall–Kier alpha value is -5.34. The molecule has 0 bridgehead atoms. The van der Waals surface area contributed by atoms with Gasteiger partial charge in [-0.2, -0.15) is 0 Å². The van der Waals surface area contributed by atoms with Gasteiger partial charge in [0.15, 0.2) is 49.6 Å². The van der Waals surface area contributed by atoms with Crippen LogP contribution in [0.2, 0.25) is 0 Å². The second-order valence-corrected chi connectivity index (χ2v) is 19.5. The van der Waals surface area contributed by atoms with Crippen LogP contribution in [0.1, 0.15) is 89.5 Å². The van der Waals surface area contributed by atoms with Crippen LogP contribution < -0.4 is 0 Å². The van der Waals surface area contributed by atoms with E-state index in [2.05, 4.69) is 0 Å². The van der Waals surface area contributed by atoms with Gasteiger partial charge in [-0.05, 0) is 82.6 Å². The fourth-order valence-corrected chi connectivity index (χ4v) is 8.35. The molecule has 4 heterocycles. The van der Waals surface area contributed by atoms with Gasteiger partial charge in [0.2, 0.25) is 0 Å². The minimum Gasteiger partial charge on any atom is -0.459 e. The first-order valence-corrected chi connectivity index (χ1v) is 26.7. The first kappa shape index (κ1) is 69.2. The van der Waals surface area contributed by atoms with Crippen molar-refractivity contribution in [1.82, 2.24) is 0 Å². The topological polar surface area (TPSA) is 384 Å². The van der Waals surface area contributed by atoms with Crippen molar-refractivity contribution in [3.8, 4) is 0 Å². The van der Waals surface area contributed by atoms with Crippen molar-refractivity contribution in [2.24, 2.45) is 0 Å². The van der Waals surface area contributed by atoms with E-state index < -0.39 is 185 Å². The molecule has 0 saturated carbocycles. The number of aliphatic hydroxyl groups excluding tert-OH is 8. The number of ether oxygens (including phenoxy) is 13. The van der Waals surface area contributed by atoms with Gasteiger partial charge >= 0.3 is 35.8 Å². The van der Waals surface area contributed by atoms with E-state index in [1.165, 1.54) is 91.8 Å². The SMILES string of the molecule is CC=C(C)C(=O)OC[C@H]1O[C@H](O[C@H]2O[C@H](COC(=O)C(C)=CC)[C@@H](O)[C@H](O)[C@H]2O[C@@H]2O[C@H](CO)[C@@H](OC(=O)C(=CC)CC)[C@H](OC(=O)C(C)=CC)[C@H]2O)[C@H](O[C@@H]2O[C@H](CO)[C@@H](OC(=O)C(C)=CC)[C@H](OC(=O)C(C)=CC)[C@H]2O)[C@@H](O)[C@@H]1O. The number of hydrogen-bond donors (Lipinski definition) is 8. The summed E-state index contributed by atoms with van der Waals surface area (Å²) in [4.78, 5) is 78.8. The lowest BCUT2D eigenvalue weighted by Crippen LogP contribution is -2.68. The Labute approximate surface area is 474 Å². The number of allylic oxidation sites excluding steroid dienone is 6. The summed E-state index contributed by atoms with van der Waals surface area (Å²) in [6.07, 6.45) is -31.2. The van der Waals surface area contributed by atoms with E-state index in [9.17, 15) is 69.6 Å². The summed E-state index contributed by atoms with van der Waals surface area (Å²) in [7, 11) is 0. The Morgan fingerprint density at radius 2 is 0.671 bits per heavy atom. The molecule has 462 valence electrons. The number of carbonyl (C=O) groups excluding carboxylic acids is 6. The van der Waals surface area contributed by atoms with Crippen molar-refractivity contribution in [1.29, 1.82) is 0 Å². The molecule has 27 heteroatoms. The maximum absolute atomic E-state index is 13.3. The molecular weight excluding hydrogens is 1090 g/mol. The normalized spacial score (nSPS) is 35.3. The smallest absolute Gasteiger partial charge is 0.334 e. The molecule has 0 radical (unpaired) electrons. The van der Waals surface area contributed by atoms with Crippen molar-refractivity contribution in [2.45, 2.75) is 212 Å². The summed E-state index contributed by atoms with van der Waals surface area (Å²) in [5, 5.41) is 92.6. The largest absolute Gasteiger partial charge is 0.459 e. The van der Waals surface area contributed by atoms with Gasteiger partial charge < -0.3 is 102 Å². The molecule has 0 aliphatic carbocycles. The standard InChI is InChI=1S/C55H80O27/c1-13-24(8)46(64)70-22-32-34(58)36(60)44(80-52-38(62)42(78-49(67)27(11)16-4)40(30(20-56)72-52)76-48(66)26(10)15-3)54(74-32)82-55-45(37(61)35(59)33(75-55)23-71-47(65)25(9)14-2)81-53-39(63)43(79-50(68)28(12)17-5)41(31(21-57)73-53)77-51(69)29(18-6)19-7/h13-18,30-45,52-63H,19-23H2,1-12H3/t30-,31-,32-,33-,34-,35-,36+,37+,38-,39-,40-,41-,42-,43-,44-,45-,52+,53+,54-,55-/m1/s1. The highest BCUT2D eigenvalue weighted by Crippen LogP contribution is 2.37. The van der Waals surface area contributed by atoms with Crippen molar-refractivity contribution < 1.29 is 131 Å². The van der Waals surface area contributed by atoms with E-state index in [4.69, 9.17) is 61.6 Å². The summed E-state index contributed by atoms with van der Waals surface area (Å²) < 4.78 is 76.1. The highest BCUT2D eigenvalue weighted by Gasteiger charge is 2.58. The molecule has 0 aromatic heterocycles. The quantitative estimate of drug-likeness (QED) is 0.0371. The van der Waals surface area contributed by atoms with Crippen molar-refractivity contribution >= 4 is 35.8 Å². The monoisotopic (exact) mass is 1170 g/mol. The van der Waals surface area contributed by atoms with Crippen LogP contribution in [0.3, 0.4) is 0 Å². The summed E-state index contributed by atoms with van der Waals surface area (Å²) in [6, 6.07) is 0. The van der Waals surface area contributed by atoms with E-state index in [0.29, 0.717) is 0 Å². The first-order valence-electron chi connectivity index (χ1n) is 26.7. The molecule has 4 aliphatic heterocycles. The highest BCUT2D eigenvalue weighted by molar-refractivity contribution is 5.90. The molecule has 0 aromatic carbocycles. The van der Waals surface area contributed by atoms with Crippen LogP contribution in [0.15, 0.2) is 69.9 Å². The molecule has 0 aromatic rings. The third-order valence-corrected chi connectivity index (χ3v) is 14.2. The van der Waals surface area contributed by atoms with Crippen LogP contribution in [0.4, 0.5) is 0 Å². The Bertz CT molecular complexity index is 2390. The fraction of sp³-hybridized carbons (Fsp3) is 0.673. The maximum Gasteiger partial charge on any atom is 0.334 e. The average molecular weight is 1170 g/mol. The van der Waals surface area contributed by atoms with Gasteiger partial charge in [0.1, 0.15) is 86.5 Å². The van der Waals surface area contributed by atoms with E-state index in [1.54, 1.807) is 27.7 Å². The third kappa shape index (κ3) is 16.9. The van der Waals surface area contributed by atoms with Gasteiger partial charge in [0.25, 0.3) is 0 Å². The molecule has 4 aliphatic rings. The molecule has 4 fully saturated rings. The van der Waals surface area contributed by atoms with Crippen LogP contribution in [0.5, 0.6) is 0 Å². The fourth-order valence-electron chi connectivity index (χ4n) is 8.35. The van der Waals surface area contributed by atoms with Gasteiger partial charge in [-0.3, -0.25) is 0 Å². The summed E-state index contributed by atoms with van der Waals surface area (Å²) in [6.45, 7) is 14.4. The van der Waals surface area contributed by atoms with E-state index >= 15 is 0 Å². The molecule has 8 N–H and O–H groups in total. The van der Waals surface area contributed by atoms with Gasteiger partial charge in [0.05, 0.1) is 13.2 Å². The van der Waals surface area contributed by atoms with Crippen molar-refractivity contribution in [2.75, 3.05) is 26.4 Å². The zero-order chi connectivity index (χ0) is 61.4. The van der Waals surface area contributed by atoms with Crippen LogP contribution in [-0.2, 0) is 90.3 Å². The second kappa shape index (κ2) is 32.1. The molecule has 4 saturated heterocycles. The number of rotatable bonds is 23. The first-order chi connectivity index (χ1) is 38.8. The second-order valence-electron chi connectivity index (χ2n) is 19.5. The number of carbonyl (C=O) groups is 6. The van der Waals surface area contributed by atoms with Gasteiger partial charge in [-0.25, -0.2) is 28.8 Å². The number of esters is 6. The molecule has 20 atom stereocenters. The number of hydrogen-bond acceptors (Lipinski definition) is 27. The van der Waals surface area contributed by atoms with Crippen molar-refractivity contribution in [3.05, 3.63) is 69.9 Å².